The van der Waals surface area contributed by atoms with Crippen molar-refractivity contribution in [3.8, 4) is 11.4 Å². The molecule has 0 bridgehead atoms. The van der Waals surface area contributed by atoms with Crippen LogP contribution in [0.25, 0.3) is 5.69 Å². The third-order valence-corrected chi connectivity index (χ3v) is 3.36. The number of oxime groups is 1. The highest BCUT2D eigenvalue weighted by Crippen LogP contribution is 2.28. The topological polar surface area (TPSA) is 46.8 Å². The number of hydrogen-bond acceptors (Lipinski definition) is 3. The van der Waals surface area contributed by atoms with Gasteiger partial charge < -0.3 is 14.5 Å². The first-order valence-corrected chi connectivity index (χ1v) is 6.16. The zero-order chi connectivity index (χ0) is 14.0. The number of nitrogens with zero attached hydrogens (tertiary/aromatic N) is 2. The summed E-state index contributed by atoms with van der Waals surface area (Å²) in [6, 6.07) is 7.56. The fourth-order valence-electron chi connectivity index (χ4n) is 2.17. The molecule has 0 fully saturated rings. The van der Waals surface area contributed by atoms with E-state index >= 15 is 0 Å². The van der Waals surface area contributed by atoms with Gasteiger partial charge in [-0.15, -0.1) is 0 Å². The van der Waals surface area contributed by atoms with Crippen molar-refractivity contribution < 1.29 is 9.94 Å². The molecule has 19 heavy (non-hydrogen) atoms. The number of rotatable bonds is 3. The lowest BCUT2D eigenvalue weighted by atomic mass is 10.2. The first-order valence-electron chi connectivity index (χ1n) is 5.78. The number of hydrogen-bond donors (Lipinski definition) is 1. The molecule has 0 aliphatic rings. The van der Waals surface area contributed by atoms with E-state index in [1.807, 2.05) is 42.7 Å². The first-order chi connectivity index (χ1) is 9.08. The average Bonchev–Trinajstić information content (AvgIpc) is 2.65. The van der Waals surface area contributed by atoms with Gasteiger partial charge in [-0.3, -0.25) is 0 Å². The Kier molecular flexibility index (Phi) is 3.81. The third-order valence-electron chi connectivity index (χ3n) is 3.06. The van der Waals surface area contributed by atoms with E-state index in [1.165, 1.54) is 6.21 Å². The lowest BCUT2D eigenvalue weighted by Gasteiger charge is -2.11. The van der Waals surface area contributed by atoms with Crippen molar-refractivity contribution in [3.05, 3.63) is 46.2 Å². The lowest BCUT2D eigenvalue weighted by molar-refractivity contribution is 0.322. The van der Waals surface area contributed by atoms with Gasteiger partial charge in [0, 0.05) is 22.6 Å². The molecule has 0 spiro atoms. The predicted octanol–water partition coefficient (Wildman–Crippen LogP) is 3.56. The molecular weight excluding hydrogens is 264 g/mol. The highest BCUT2D eigenvalue weighted by atomic mass is 35.5. The van der Waals surface area contributed by atoms with Crippen molar-refractivity contribution in [2.75, 3.05) is 7.11 Å². The molecule has 0 amide bonds. The van der Waals surface area contributed by atoms with E-state index in [1.54, 1.807) is 7.11 Å². The van der Waals surface area contributed by atoms with Crippen molar-refractivity contribution in [2.24, 2.45) is 5.16 Å². The van der Waals surface area contributed by atoms with Crippen LogP contribution in [0.15, 0.2) is 29.4 Å². The second-order valence-electron chi connectivity index (χ2n) is 4.23. The third kappa shape index (κ3) is 2.44. The van der Waals surface area contributed by atoms with Gasteiger partial charge in [0.15, 0.2) is 0 Å². The molecule has 0 aliphatic carbocycles. The second kappa shape index (κ2) is 5.36. The lowest BCUT2D eigenvalue weighted by Crippen LogP contribution is -2.00. The van der Waals surface area contributed by atoms with Crippen LogP contribution in [0.3, 0.4) is 0 Å². The van der Waals surface area contributed by atoms with Gasteiger partial charge in [-0.1, -0.05) is 16.8 Å². The number of methoxy groups -OCH3 is 1. The molecule has 0 atom stereocenters. The molecule has 0 saturated heterocycles. The van der Waals surface area contributed by atoms with Gasteiger partial charge in [-0.05, 0) is 38.1 Å². The standard InChI is InChI=1S/C14H15ClN2O2/c1-9-6-11(8-16-18)10(2)17(9)12-4-5-14(19-3)13(15)7-12/h4-8,18H,1-3H3/b16-8+. The van der Waals surface area contributed by atoms with E-state index in [2.05, 4.69) is 5.16 Å². The monoisotopic (exact) mass is 278 g/mol. The van der Waals surface area contributed by atoms with Gasteiger partial charge in [0.1, 0.15) is 5.75 Å². The summed E-state index contributed by atoms with van der Waals surface area (Å²) in [5.41, 5.74) is 3.83. The summed E-state index contributed by atoms with van der Waals surface area (Å²) in [7, 11) is 1.59. The zero-order valence-corrected chi connectivity index (χ0v) is 11.8. The van der Waals surface area contributed by atoms with Crippen LogP contribution >= 0.6 is 11.6 Å². The van der Waals surface area contributed by atoms with E-state index in [-0.39, 0.29) is 0 Å². The van der Waals surface area contributed by atoms with Gasteiger partial charge in [0.25, 0.3) is 0 Å². The minimum absolute atomic E-state index is 0.560. The number of ether oxygens (including phenoxy) is 1. The van der Waals surface area contributed by atoms with E-state index in [0.29, 0.717) is 10.8 Å². The normalized spacial score (nSPS) is 11.2. The zero-order valence-electron chi connectivity index (χ0n) is 11.0. The Morgan fingerprint density at radius 1 is 1.32 bits per heavy atom. The van der Waals surface area contributed by atoms with Gasteiger partial charge >= 0.3 is 0 Å². The van der Waals surface area contributed by atoms with Crippen molar-refractivity contribution in [1.82, 2.24) is 4.57 Å². The van der Waals surface area contributed by atoms with Crippen molar-refractivity contribution in [3.63, 3.8) is 0 Å². The van der Waals surface area contributed by atoms with Gasteiger partial charge in [0.05, 0.1) is 18.3 Å². The fourth-order valence-corrected chi connectivity index (χ4v) is 2.42. The molecule has 1 N–H and O–H groups in total. The van der Waals surface area contributed by atoms with E-state index < -0.39 is 0 Å². The van der Waals surface area contributed by atoms with Crippen LogP contribution in [0.4, 0.5) is 0 Å². The molecule has 0 saturated carbocycles. The molecule has 0 unspecified atom stereocenters. The van der Waals surface area contributed by atoms with Gasteiger partial charge in [0.2, 0.25) is 0 Å². The summed E-state index contributed by atoms with van der Waals surface area (Å²) in [4.78, 5) is 0. The molecule has 0 radical (unpaired) electrons. The summed E-state index contributed by atoms with van der Waals surface area (Å²) in [6.07, 6.45) is 1.42. The maximum Gasteiger partial charge on any atom is 0.137 e. The van der Waals surface area contributed by atoms with Crippen LogP contribution < -0.4 is 4.74 Å². The Labute approximate surface area is 116 Å². The molecule has 2 rings (SSSR count). The summed E-state index contributed by atoms with van der Waals surface area (Å²) in [5, 5.41) is 12.3. The predicted molar refractivity (Wildman–Crippen MR) is 76.2 cm³/mol. The van der Waals surface area contributed by atoms with E-state index in [9.17, 15) is 0 Å². The number of benzene rings is 1. The number of aromatic nitrogens is 1. The Hall–Kier alpha value is -1.94. The van der Waals surface area contributed by atoms with Crippen LogP contribution in [-0.2, 0) is 0 Å². The van der Waals surface area contributed by atoms with Crippen LogP contribution in [0.2, 0.25) is 5.02 Å². The van der Waals surface area contributed by atoms with Crippen molar-refractivity contribution >= 4 is 17.8 Å². The maximum atomic E-state index is 8.65. The Morgan fingerprint density at radius 2 is 2.05 bits per heavy atom. The fraction of sp³-hybridized carbons (Fsp3) is 0.214. The Bertz CT molecular complexity index is 633. The molecule has 5 heteroatoms. The highest BCUT2D eigenvalue weighted by Gasteiger charge is 2.11. The van der Waals surface area contributed by atoms with Crippen LogP contribution in [0, 0.1) is 13.8 Å². The smallest absolute Gasteiger partial charge is 0.137 e. The van der Waals surface area contributed by atoms with Crippen molar-refractivity contribution in [1.29, 1.82) is 0 Å². The van der Waals surface area contributed by atoms with E-state index in [0.717, 1.165) is 22.6 Å². The number of aryl methyl sites for hydroxylation is 1. The quantitative estimate of drug-likeness (QED) is 0.530. The molecule has 100 valence electrons. The molecule has 4 nitrogen and oxygen atoms in total. The molecule has 1 aromatic heterocycles. The van der Waals surface area contributed by atoms with Crippen LogP contribution in [0.5, 0.6) is 5.75 Å². The summed E-state index contributed by atoms with van der Waals surface area (Å²) in [6.45, 7) is 3.95. The SMILES string of the molecule is COc1ccc(-n2c(C)cc(/C=N/O)c2C)cc1Cl. The van der Waals surface area contributed by atoms with Crippen LogP contribution in [0.1, 0.15) is 17.0 Å². The number of halogens is 1. The highest BCUT2D eigenvalue weighted by molar-refractivity contribution is 6.32. The molecule has 0 aliphatic heterocycles. The van der Waals surface area contributed by atoms with Crippen molar-refractivity contribution in [2.45, 2.75) is 13.8 Å². The maximum absolute atomic E-state index is 8.65. The van der Waals surface area contributed by atoms with Gasteiger partial charge in [-0.2, -0.15) is 0 Å². The summed E-state index contributed by atoms with van der Waals surface area (Å²) in [5.74, 6) is 0.644. The molecule has 2 aromatic rings. The summed E-state index contributed by atoms with van der Waals surface area (Å²) < 4.78 is 7.19. The largest absolute Gasteiger partial charge is 0.495 e. The van der Waals surface area contributed by atoms with E-state index in [4.69, 9.17) is 21.5 Å². The minimum Gasteiger partial charge on any atom is -0.495 e. The Balaban J connectivity index is 2.56. The Morgan fingerprint density at radius 3 is 2.63 bits per heavy atom. The first kappa shape index (κ1) is 13.5. The summed E-state index contributed by atoms with van der Waals surface area (Å²) >= 11 is 6.15. The molecule has 1 aromatic carbocycles. The van der Waals surface area contributed by atoms with Gasteiger partial charge in [-0.25, -0.2) is 0 Å². The average molecular weight is 279 g/mol. The molecular formula is C14H15ClN2O2. The second-order valence-corrected chi connectivity index (χ2v) is 4.63. The minimum atomic E-state index is 0.560. The van der Waals surface area contributed by atoms with Crippen LogP contribution in [-0.4, -0.2) is 23.1 Å². The molecule has 1 heterocycles.